The number of hydrogen-bond donors (Lipinski definition) is 2. The summed E-state index contributed by atoms with van der Waals surface area (Å²) in [6, 6.07) is 1.55. The van der Waals surface area contributed by atoms with Crippen LogP contribution in [-0.2, 0) is 5.92 Å². The molecule has 2 aromatic heterocycles. The summed E-state index contributed by atoms with van der Waals surface area (Å²) in [6.07, 6.45) is 4.26. The molecule has 0 saturated carbocycles. The molecule has 5 heteroatoms. The van der Waals surface area contributed by atoms with Gasteiger partial charge in [0.25, 0.3) is 5.92 Å². The van der Waals surface area contributed by atoms with Crippen molar-refractivity contribution >= 4 is 10.9 Å². The van der Waals surface area contributed by atoms with E-state index in [1.54, 1.807) is 6.07 Å². The molecule has 0 amide bonds. The van der Waals surface area contributed by atoms with Crippen LogP contribution < -0.4 is 5.73 Å². The molecule has 3 nitrogen and oxygen atoms in total. The van der Waals surface area contributed by atoms with Gasteiger partial charge in [-0.1, -0.05) is 0 Å². The summed E-state index contributed by atoms with van der Waals surface area (Å²) in [6.45, 7) is -0.692. The van der Waals surface area contributed by atoms with Crippen molar-refractivity contribution in [3.05, 3.63) is 30.2 Å². The Morgan fingerprint density at radius 1 is 1.50 bits per heavy atom. The van der Waals surface area contributed by atoms with Gasteiger partial charge < -0.3 is 10.7 Å². The van der Waals surface area contributed by atoms with E-state index in [1.165, 1.54) is 18.6 Å². The van der Waals surface area contributed by atoms with Crippen molar-refractivity contribution in [3.63, 3.8) is 0 Å². The van der Waals surface area contributed by atoms with Gasteiger partial charge in [0.15, 0.2) is 0 Å². The highest BCUT2D eigenvalue weighted by Crippen LogP contribution is 2.32. The Labute approximate surface area is 78.9 Å². The van der Waals surface area contributed by atoms with Crippen LogP contribution in [0.2, 0.25) is 0 Å². The number of aromatic amines is 1. The summed E-state index contributed by atoms with van der Waals surface area (Å²) in [4.78, 5) is 6.56. The van der Waals surface area contributed by atoms with E-state index in [9.17, 15) is 8.78 Å². The number of nitrogens with two attached hydrogens (primary N) is 1. The summed E-state index contributed by atoms with van der Waals surface area (Å²) < 4.78 is 26.6. The van der Waals surface area contributed by atoms with Crippen molar-refractivity contribution in [2.75, 3.05) is 6.54 Å². The van der Waals surface area contributed by atoms with Crippen molar-refractivity contribution in [3.8, 4) is 0 Å². The van der Waals surface area contributed by atoms with Crippen LogP contribution in [-0.4, -0.2) is 16.5 Å². The quantitative estimate of drug-likeness (QED) is 0.768. The molecule has 0 fully saturated rings. The Balaban J connectivity index is 2.64. The van der Waals surface area contributed by atoms with Gasteiger partial charge in [0.2, 0.25) is 0 Å². The third kappa shape index (κ3) is 1.26. The Morgan fingerprint density at radius 3 is 3.00 bits per heavy atom. The molecular weight excluding hydrogens is 188 g/mol. The average molecular weight is 197 g/mol. The van der Waals surface area contributed by atoms with Crippen LogP contribution in [0.1, 0.15) is 5.56 Å². The highest BCUT2D eigenvalue weighted by molar-refractivity contribution is 5.82. The van der Waals surface area contributed by atoms with E-state index in [4.69, 9.17) is 5.73 Å². The number of pyridine rings is 1. The maximum Gasteiger partial charge on any atom is 0.287 e. The highest BCUT2D eigenvalue weighted by atomic mass is 19.3. The molecule has 14 heavy (non-hydrogen) atoms. The standard InChI is InChI=1S/C9H9F2N3/c10-9(11,5-12)7-3-14-8-4-13-2-1-6(7)8/h1-4,14H,5,12H2. The molecule has 0 unspecified atom stereocenters. The molecule has 0 spiro atoms. The number of H-pyrrole nitrogens is 1. The van der Waals surface area contributed by atoms with Gasteiger partial charge >= 0.3 is 0 Å². The fourth-order valence-electron chi connectivity index (χ4n) is 1.38. The lowest BCUT2D eigenvalue weighted by atomic mass is 10.1. The molecule has 0 bridgehead atoms. The van der Waals surface area contributed by atoms with E-state index < -0.39 is 12.5 Å². The first-order valence-electron chi connectivity index (χ1n) is 4.14. The molecule has 74 valence electrons. The molecule has 0 aliphatic heterocycles. The monoisotopic (exact) mass is 197 g/mol. The van der Waals surface area contributed by atoms with Crippen molar-refractivity contribution in [1.82, 2.24) is 9.97 Å². The van der Waals surface area contributed by atoms with Crippen LogP contribution in [0.4, 0.5) is 8.78 Å². The number of aromatic nitrogens is 2. The number of nitrogens with one attached hydrogen (secondary N) is 1. The van der Waals surface area contributed by atoms with Crippen LogP contribution in [0.3, 0.4) is 0 Å². The Morgan fingerprint density at radius 2 is 2.29 bits per heavy atom. The highest BCUT2D eigenvalue weighted by Gasteiger charge is 2.32. The fraction of sp³-hybridized carbons (Fsp3) is 0.222. The molecule has 0 aliphatic carbocycles. The summed E-state index contributed by atoms with van der Waals surface area (Å²) >= 11 is 0. The largest absolute Gasteiger partial charge is 0.359 e. The van der Waals surface area contributed by atoms with Gasteiger partial charge in [-0.15, -0.1) is 0 Å². The maximum atomic E-state index is 13.3. The van der Waals surface area contributed by atoms with Gasteiger partial charge in [0.1, 0.15) is 0 Å². The third-order valence-corrected chi connectivity index (χ3v) is 2.13. The summed E-state index contributed by atoms with van der Waals surface area (Å²) in [5, 5.41) is 0.468. The second-order valence-electron chi connectivity index (χ2n) is 3.03. The summed E-state index contributed by atoms with van der Waals surface area (Å²) in [7, 11) is 0. The average Bonchev–Trinajstić information content (AvgIpc) is 2.61. The number of fused-ring (bicyclic) bond motifs is 1. The molecule has 2 rings (SSSR count). The van der Waals surface area contributed by atoms with Crippen molar-refractivity contribution in [2.45, 2.75) is 5.92 Å². The predicted molar refractivity (Wildman–Crippen MR) is 49.0 cm³/mol. The number of halogens is 2. The van der Waals surface area contributed by atoms with E-state index in [2.05, 4.69) is 9.97 Å². The number of hydrogen-bond acceptors (Lipinski definition) is 2. The molecule has 2 heterocycles. The second-order valence-corrected chi connectivity index (χ2v) is 3.03. The van der Waals surface area contributed by atoms with E-state index >= 15 is 0 Å². The first-order valence-corrected chi connectivity index (χ1v) is 4.14. The molecule has 0 radical (unpaired) electrons. The molecule has 0 saturated heterocycles. The van der Waals surface area contributed by atoms with Crippen LogP contribution in [0.5, 0.6) is 0 Å². The molecular formula is C9H9F2N3. The Bertz CT molecular complexity index is 450. The van der Waals surface area contributed by atoms with E-state index in [0.29, 0.717) is 10.9 Å². The van der Waals surface area contributed by atoms with Gasteiger partial charge in [-0.05, 0) is 6.07 Å². The zero-order chi connectivity index (χ0) is 10.2. The van der Waals surface area contributed by atoms with Crippen LogP contribution in [0, 0.1) is 0 Å². The van der Waals surface area contributed by atoms with Gasteiger partial charge in [0.05, 0.1) is 18.3 Å². The van der Waals surface area contributed by atoms with Crippen molar-refractivity contribution < 1.29 is 8.78 Å². The predicted octanol–water partition coefficient (Wildman–Crippen LogP) is 1.61. The SMILES string of the molecule is NCC(F)(F)c1c[nH]c2cnccc12. The fourth-order valence-corrected chi connectivity index (χ4v) is 1.38. The lowest BCUT2D eigenvalue weighted by molar-refractivity contribution is 0.00754. The second kappa shape index (κ2) is 3.02. The number of rotatable bonds is 2. The van der Waals surface area contributed by atoms with E-state index in [-0.39, 0.29) is 5.56 Å². The van der Waals surface area contributed by atoms with Gasteiger partial charge in [0, 0.05) is 23.3 Å². The molecule has 2 aromatic rings. The van der Waals surface area contributed by atoms with E-state index in [0.717, 1.165) is 0 Å². The Hall–Kier alpha value is -1.49. The minimum Gasteiger partial charge on any atom is -0.359 e. The first-order chi connectivity index (χ1) is 6.65. The summed E-state index contributed by atoms with van der Waals surface area (Å²) in [5.74, 6) is -2.99. The molecule has 0 aliphatic rings. The lowest BCUT2D eigenvalue weighted by Gasteiger charge is -2.12. The topological polar surface area (TPSA) is 54.7 Å². The van der Waals surface area contributed by atoms with Gasteiger partial charge in [-0.2, -0.15) is 8.78 Å². The van der Waals surface area contributed by atoms with Crippen LogP contribution >= 0.6 is 0 Å². The molecule has 0 atom stereocenters. The zero-order valence-corrected chi connectivity index (χ0v) is 7.30. The first kappa shape index (κ1) is 9.08. The van der Waals surface area contributed by atoms with Crippen LogP contribution in [0.25, 0.3) is 10.9 Å². The zero-order valence-electron chi connectivity index (χ0n) is 7.30. The van der Waals surface area contributed by atoms with Crippen molar-refractivity contribution in [2.24, 2.45) is 5.73 Å². The number of alkyl halides is 2. The van der Waals surface area contributed by atoms with Crippen LogP contribution in [0.15, 0.2) is 24.7 Å². The van der Waals surface area contributed by atoms with Gasteiger partial charge in [-0.3, -0.25) is 4.98 Å². The molecule has 3 N–H and O–H groups in total. The van der Waals surface area contributed by atoms with E-state index in [1.807, 2.05) is 0 Å². The summed E-state index contributed by atoms with van der Waals surface area (Å²) in [5.41, 5.74) is 5.53. The normalized spacial score (nSPS) is 12.2. The maximum absolute atomic E-state index is 13.3. The lowest BCUT2D eigenvalue weighted by Crippen LogP contribution is -2.24. The number of nitrogens with zero attached hydrogens (tertiary/aromatic N) is 1. The minimum atomic E-state index is -2.99. The smallest absolute Gasteiger partial charge is 0.287 e. The van der Waals surface area contributed by atoms with Gasteiger partial charge in [-0.25, -0.2) is 0 Å². The minimum absolute atomic E-state index is 0.0719. The van der Waals surface area contributed by atoms with Crippen molar-refractivity contribution in [1.29, 1.82) is 0 Å². The Kier molecular flexibility index (Phi) is 1.96. The molecule has 0 aromatic carbocycles. The third-order valence-electron chi connectivity index (χ3n) is 2.13.